The molecule has 2 fully saturated rings. The Kier molecular flexibility index (Phi) is 4.04. The Labute approximate surface area is 108 Å². The predicted octanol–water partition coefficient (Wildman–Crippen LogP) is 2.05. The maximum atomic E-state index is 12.5. The van der Waals surface area contributed by atoms with E-state index in [9.17, 15) is 14.7 Å². The molecule has 0 aromatic rings. The minimum absolute atomic E-state index is 0.0319. The van der Waals surface area contributed by atoms with E-state index < -0.39 is 11.9 Å². The highest BCUT2D eigenvalue weighted by Crippen LogP contribution is 2.35. The van der Waals surface area contributed by atoms with Gasteiger partial charge in [-0.05, 0) is 25.7 Å². The van der Waals surface area contributed by atoms with Crippen LogP contribution in [0.1, 0.15) is 38.5 Å². The molecule has 2 unspecified atom stereocenters. The molecule has 2 saturated carbocycles. The molecule has 0 aromatic heterocycles. The minimum atomic E-state index is -0.817. The molecule has 4 nitrogen and oxygen atoms in total. The SMILES string of the molecule is C=CCN(C(=O)C1CCCCC1C(=O)O)C1CC1. The summed E-state index contributed by atoms with van der Waals surface area (Å²) in [7, 11) is 0. The van der Waals surface area contributed by atoms with E-state index in [0.29, 0.717) is 19.0 Å². The van der Waals surface area contributed by atoms with Gasteiger partial charge >= 0.3 is 5.97 Å². The highest BCUT2D eigenvalue weighted by Gasteiger charge is 2.41. The van der Waals surface area contributed by atoms with Crippen molar-refractivity contribution in [3.8, 4) is 0 Å². The van der Waals surface area contributed by atoms with E-state index in [0.717, 1.165) is 32.1 Å². The lowest BCUT2D eigenvalue weighted by molar-refractivity contribution is -0.152. The van der Waals surface area contributed by atoms with Gasteiger partial charge in [0.1, 0.15) is 0 Å². The summed E-state index contributed by atoms with van der Waals surface area (Å²) in [5.74, 6) is -1.60. The van der Waals surface area contributed by atoms with Crippen LogP contribution in [0.25, 0.3) is 0 Å². The van der Waals surface area contributed by atoms with Gasteiger partial charge in [0.25, 0.3) is 0 Å². The molecular weight excluding hydrogens is 230 g/mol. The van der Waals surface area contributed by atoms with Crippen LogP contribution in [-0.2, 0) is 9.59 Å². The number of hydrogen-bond acceptors (Lipinski definition) is 2. The molecule has 1 amide bonds. The first-order valence-corrected chi connectivity index (χ1v) is 6.79. The van der Waals surface area contributed by atoms with E-state index in [1.54, 1.807) is 6.08 Å². The van der Waals surface area contributed by atoms with Crippen molar-refractivity contribution in [3.05, 3.63) is 12.7 Å². The summed E-state index contributed by atoms with van der Waals surface area (Å²) in [5, 5.41) is 9.23. The second-order valence-corrected chi connectivity index (χ2v) is 5.35. The van der Waals surface area contributed by atoms with Gasteiger partial charge in [0.2, 0.25) is 5.91 Å². The lowest BCUT2D eigenvalue weighted by atomic mass is 9.78. The van der Waals surface area contributed by atoms with Crippen LogP contribution < -0.4 is 0 Å². The van der Waals surface area contributed by atoms with Gasteiger partial charge < -0.3 is 10.0 Å². The first-order chi connectivity index (χ1) is 8.65. The molecule has 0 heterocycles. The van der Waals surface area contributed by atoms with E-state index in [4.69, 9.17) is 0 Å². The van der Waals surface area contributed by atoms with Crippen LogP contribution in [0, 0.1) is 11.8 Å². The molecule has 0 bridgehead atoms. The summed E-state index contributed by atoms with van der Waals surface area (Å²) in [5.41, 5.74) is 0. The zero-order chi connectivity index (χ0) is 13.1. The summed E-state index contributed by atoms with van der Waals surface area (Å²) in [6, 6.07) is 0.326. The number of hydrogen-bond donors (Lipinski definition) is 1. The second-order valence-electron chi connectivity index (χ2n) is 5.35. The Hall–Kier alpha value is -1.32. The van der Waals surface area contributed by atoms with E-state index in [1.165, 1.54) is 0 Å². The third-order valence-corrected chi connectivity index (χ3v) is 4.00. The number of carbonyl (C=O) groups is 2. The van der Waals surface area contributed by atoms with Gasteiger partial charge in [0, 0.05) is 12.6 Å². The molecule has 18 heavy (non-hydrogen) atoms. The summed E-state index contributed by atoms with van der Waals surface area (Å²) >= 11 is 0. The maximum Gasteiger partial charge on any atom is 0.307 e. The molecule has 2 aliphatic carbocycles. The summed E-state index contributed by atoms with van der Waals surface area (Å²) in [6.45, 7) is 4.23. The minimum Gasteiger partial charge on any atom is -0.481 e. The highest BCUT2D eigenvalue weighted by molar-refractivity contribution is 5.85. The van der Waals surface area contributed by atoms with Crippen LogP contribution in [0.5, 0.6) is 0 Å². The number of carboxylic acids is 1. The van der Waals surface area contributed by atoms with Crippen molar-refractivity contribution in [2.75, 3.05) is 6.54 Å². The Morgan fingerprint density at radius 1 is 1.17 bits per heavy atom. The first kappa shape index (κ1) is 13.1. The zero-order valence-corrected chi connectivity index (χ0v) is 10.7. The third kappa shape index (κ3) is 2.74. The molecule has 2 atom stereocenters. The zero-order valence-electron chi connectivity index (χ0n) is 10.7. The molecule has 4 heteroatoms. The number of aliphatic carboxylic acids is 1. The van der Waals surface area contributed by atoms with Crippen molar-refractivity contribution in [2.24, 2.45) is 11.8 Å². The van der Waals surface area contributed by atoms with Crippen molar-refractivity contribution < 1.29 is 14.7 Å². The highest BCUT2D eigenvalue weighted by atomic mass is 16.4. The normalized spacial score (nSPS) is 27.6. The number of amides is 1. The lowest BCUT2D eigenvalue weighted by Gasteiger charge is -2.32. The fourth-order valence-corrected chi connectivity index (χ4v) is 2.88. The molecular formula is C14H21NO3. The molecule has 0 radical (unpaired) electrons. The van der Waals surface area contributed by atoms with Crippen LogP contribution in [0.2, 0.25) is 0 Å². The topological polar surface area (TPSA) is 57.6 Å². The fraction of sp³-hybridized carbons (Fsp3) is 0.714. The van der Waals surface area contributed by atoms with Crippen LogP contribution in [0.15, 0.2) is 12.7 Å². The standard InChI is InChI=1S/C14H21NO3/c1-2-9-15(10-7-8-10)13(16)11-5-3-4-6-12(11)14(17)18/h2,10-12H,1,3-9H2,(H,17,18). The van der Waals surface area contributed by atoms with Gasteiger partial charge in [0.15, 0.2) is 0 Å². The van der Waals surface area contributed by atoms with Gasteiger partial charge in [-0.3, -0.25) is 9.59 Å². The predicted molar refractivity (Wildman–Crippen MR) is 68.0 cm³/mol. The molecule has 2 rings (SSSR count). The monoisotopic (exact) mass is 251 g/mol. The Balaban J connectivity index is 2.08. The van der Waals surface area contributed by atoms with Crippen molar-refractivity contribution >= 4 is 11.9 Å². The number of rotatable bonds is 5. The fourth-order valence-electron chi connectivity index (χ4n) is 2.88. The Morgan fingerprint density at radius 2 is 1.78 bits per heavy atom. The molecule has 1 N–H and O–H groups in total. The summed E-state index contributed by atoms with van der Waals surface area (Å²) in [4.78, 5) is 25.6. The Bertz CT molecular complexity index is 349. The van der Waals surface area contributed by atoms with Gasteiger partial charge in [-0.2, -0.15) is 0 Å². The Morgan fingerprint density at radius 3 is 2.28 bits per heavy atom. The molecule has 0 saturated heterocycles. The van der Waals surface area contributed by atoms with Crippen LogP contribution in [0.4, 0.5) is 0 Å². The second kappa shape index (κ2) is 5.55. The van der Waals surface area contributed by atoms with Crippen LogP contribution in [-0.4, -0.2) is 34.5 Å². The van der Waals surface area contributed by atoms with E-state index in [-0.39, 0.29) is 11.8 Å². The molecule has 0 aromatic carbocycles. The quantitative estimate of drug-likeness (QED) is 0.761. The van der Waals surface area contributed by atoms with Crippen molar-refractivity contribution in [1.82, 2.24) is 4.90 Å². The van der Waals surface area contributed by atoms with Gasteiger partial charge in [-0.25, -0.2) is 0 Å². The van der Waals surface area contributed by atoms with Gasteiger partial charge in [0.05, 0.1) is 11.8 Å². The number of carboxylic acid groups (broad SMARTS) is 1. The number of nitrogens with zero attached hydrogens (tertiary/aromatic N) is 1. The largest absolute Gasteiger partial charge is 0.481 e. The lowest BCUT2D eigenvalue weighted by Crippen LogP contribution is -2.43. The molecule has 0 aliphatic heterocycles. The average Bonchev–Trinajstić information content (AvgIpc) is 3.19. The molecule has 0 spiro atoms. The van der Waals surface area contributed by atoms with Crippen molar-refractivity contribution in [1.29, 1.82) is 0 Å². The summed E-state index contributed by atoms with van der Waals surface area (Å²) in [6.07, 6.45) is 7.07. The van der Waals surface area contributed by atoms with E-state index in [2.05, 4.69) is 6.58 Å². The van der Waals surface area contributed by atoms with E-state index >= 15 is 0 Å². The van der Waals surface area contributed by atoms with Gasteiger partial charge in [-0.1, -0.05) is 18.9 Å². The van der Waals surface area contributed by atoms with Crippen LogP contribution in [0.3, 0.4) is 0 Å². The third-order valence-electron chi connectivity index (χ3n) is 4.00. The number of carbonyl (C=O) groups excluding carboxylic acids is 1. The van der Waals surface area contributed by atoms with Crippen molar-refractivity contribution in [2.45, 2.75) is 44.6 Å². The van der Waals surface area contributed by atoms with Crippen molar-refractivity contribution in [3.63, 3.8) is 0 Å². The maximum absolute atomic E-state index is 12.5. The first-order valence-electron chi connectivity index (χ1n) is 6.79. The smallest absolute Gasteiger partial charge is 0.307 e. The van der Waals surface area contributed by atoms with Crippen LogP contribution >= 0.6 is 0 Å². The van der Waals surface area contributed by atoms with E-state index in [1.807, 2.05) is 4.90 Å². The average molecular weight is 251 g/mol. The molecule has 2 aliphatic rings. The summed E-state index contributed by atoms with van der Waals surface area (Å²) < 4.78 is 0. The molecule has 100 valence electrons. The van der Waals surface area contributed by atoms with Gasteiger partial charge in [-0.15, -0.1) is 6.58 Å².